The van der Waals surface area contributed by atoms with Crippen LogP contribution in [-0.4, -0.2) is 14.9 Å². The van der Waals surface area contributed by atoms with Crippen LogP contribution in [0.3, 0.4) is 0 Å². The summed E-state index contributed by atoms with van der Waals surface area (Å²) < 4.78 is 2.06. The molecule has 1 aromatic heterocycles. The van der Waals surface area contributed by atoms with E-state index in [1.54, 1.807) is 12.1 Å². The highest BCUT2D eigenvalue weighted by Gasteiger charge is 2.17. The smallest absolute Gasteiger partial charge is 0.115 e. The molecule has 2 atom stereocenters. The Morgan fingerprint density at radius 2 is 1.71 bits per heavy atom. The van der Waals surface area contributed by atoms with Gasteiger partial charge < -0.3 is 10.8 Å². The van der Waals surface area contributed by atoms with Gasteiger partial charge in [-0.2, -0.15) is 5.10 Å². The molecule has 2 aromatic carbocycles. The van der Waals surface area contributed by atoms with Crippen molar-refractivity contribution in [3.63, 3.8) is 0 Å². The van der Waals surface area contributed by atoms with Crippen molar-refractivity contribution in [1.82, 2.24) is 9.78 Å². The van der Waals surface area contributed by atoms with Crippen LogP contribution < -0.4 is 5.73 Å². The summed E-state index contributed by atoms with van der Waals surface area (Å²) in [6, 6.07) is 19.7. The van der Waals surface area contributed by atoms with Crippen LogP contribution in [0.25, 0.3) is 0 Å². The third-order valence-electron chi connectivity index (χ3n) is 4.27. The van der Waals surface area contributed by atoms with Gasteiger partial charge in [-0.25, -0.2) is 0 Å². The van der Waals surface area contributed by atoms with E-state index in [-0.39, 0.29) is 17.8 Å². The van der Waals surface area contributed by atoms with E-state index < -0.39 is 0 Å². The first kappa shape index (κ1) is 16.3. The second-order valence-corrected chi connectivity index (χ2v) is 6.22. The van der Waals surface area contributed by atoms with Gasteiger partial charge in [0.05, 0.1) is 11.7 Å². The standard InChI is InChI=1S/C20H23N3O/c1-14(21)20-13-18(12-16-8-10-19(24)11-9-16)23(22-20)15(2)17-6-4-3-5-7-17/h3-11,13-15,24H,12,21H2,1-2H3. The Morgan fingerprint density at radius 3 is 2.33 bits per heavy atom. The molecule has 0 bridgehead atoms. The molecule has 2 unspecified atom stereocenters. The van der Waals surface area contributed by atoms with Crippen molar-refractivity contribution in [1.29, 1.82) is 0 Å². The summed E-state index contributed by atoms with van der Waals surface area (Å²) in [6.07, 6.45) is 0.747. The number of nitrogens with two attached hydrogens (primary N) is 1. The molecule has 3 rings (SSSR count). The van der Waals surface area contributed by atoms with E-state index in [1.165, 1.54) is 5.56 Å². The molecule has 0 aliphatic heterocycles. The van der Waals surface area contributed by atoms with E-state index in [4.69, 9.17) is 10.8 Å². The van der Waals surface area contributed by atoms with Crippen molar-refractivity contribution < 1.29 is 5.11 Å². The number of benzene rings is 2. The van der Waals surface area contributed by atoms with Crippen molar-refractivity contribution >= 4 is 0 Å². The van der Waals surface area contributed by atoms with Crippen LogP contribution in [0.4, 0.5) is 0 Å². The Bertz CT molecular complexity index is 792. The quantitative estimate of drug-likeness (QED) is 0.751. The zero-order valence-electron chi connectivity index (χ0n) is 14.1. The fourth-order valence-corrected chi connectivity index (χ4v) is 2.84. The van der Waals surface area contributed by atoms with E-state index in [1.807, 2.05) is 37.3 Å². The van der Waals surface area contributed by atoms with Crippen molar-refractivity contribution in [2.45, 2.75) is 32.4 Å². The lowest BCUT2D eigenvalue weighted by Crippen LogP contribution is -2.13. The molecular weight excluding hydrogens is 298 g/mol. The number of phenolic OH excluding ortho intramolecular Hbond substituents is 1. The molecule has 0 aliphatic carbocycles. The van der Waals surface area contributed by atoms with Gasteiger partial charge in [-0.05, 0) is 43.2 Å². The first-order chi connectivity index (χ1) is 11.5. The number of hydrogen-bond acceptors (Lipinski definition) is 3. The monoisotopic (exact) mass is 321 g/mol. The zero-order chi connectivity index (χ0) is 17.1. The second-order valence-electron chi connectivity index (χ2n) is 6.22. The van der Waals surface area contributed by atoms with Gasteiger partial charge in [0.2, 0.25) is 0 Å². The Morgan fingerprint density at radius 1 is 1.04 bits per heavy atom. The van der Waals surface area contributed by atoms with Crippen LogP contribution in [0.5, 0.6) is 5.75 Å². The van der Waals surface area contributed by atoms with E-state index in [9.17, 15) is 5.11 Å². The fraction of sp³-hybridized carbons (Fsp3) is 0.250. The predicted molar refractivity (Wildman–Crippen MR) is 96.0 cm³/mol. The van der Waals surface area contributed by atoms with Crippen LogP contribution in [-0.2, 0) is 6.42 Å². The van der Waals surface area contributed by atoms with E-state index >= 15 is 0 Å². The molecule has 3 N–H and O–H groups in total. The van der Waals surface area contributed by atoms with Gasteiger partial charge in [-0.15, -0.1) is 0 Å². The summed E-state index contributed by atoms with van der Waals surface area (Å²) >= 11 is 0. The lowest BCUT2D eigenvalue weighted by atomic mass is 10.1. The first-order valence-corrected chi connectivity index (χ1v) is 8.21. The van der Waals surface area contributed by atoms with Crippen LogP contribution in [0, 0.1) is 0 Å². The minimum absolute atomic E-state index is 0.104. The Balaban J connectivity index is 1.96. The zero-order valence-corrected chi connectivity index (χ0v) is 14.1. The molecule has 0 amide bonds. The summed E-state index contributed by atoms with van der Waals surface area (Å²) in [4.78, 5) is 0. The molecule has 0 aliphatic rings. The lowest BCUT2D eigenvalue weighted by molar-refractivity contribution is 0.475. The van der Waals surface area contributed by atoms with Gasteiger partial charge in [-0.1, -0.05) is 42.5 Å². The molecule has 0 saturated heterocycles. The van der Waals surface area contributed by atoms with Gasteiger partial charge in [-0.3, -0.25) is 4.68 Å². The minimum Gasteiger partial charge on any atom is -0.508 e. The van der Waals surface area contributed by atoms with Crippen LogP contribution in [0.15, 0.2) is 60.7 Å². The fourth-order valence-electron chi connectivity index (χ4n) is 2.84. The molecule has 4 heteroatoms. The molecule has 0 fully saturated rings. The maximum Gasteiger partial charge on any atom is 0.115 e. The van der Waals surface area contributed by atoms with Crippen LogP contribution in [0.1, 0.15) is 48.4 Å². The average molecular weight is 321 g/mol. The Hall–Kier alpha value is -2.59. The maximum absolute atomic E-state index is 9.46. The third-order valence-corrected chi connectivity index (χ3v) is 4.27. The highest BCUT2D eigenvalue weighted by molar-refractivity contribution is 5.30. The van der Waals surface area contributed by atoms with Crippen LogP contribution in [0.2, 0.25) is 0 Å². The van der Waals surface area contributed by atoms with E-state index in [0.717, 1.165) is 23.4 Å². The summed E-state index contributed by atoms with van der Waals surface area (Å²) in [7, 11) is 0. The molecule has 4 nitrogen and oxygen atoms in total. The molecule has 124 valence electrons. The van der Waals surface area contributed by atoms with Crippen molar-refractivity contribution in [2.24, 2.45) is 5.73 Å². The molecule has 0 spiro atoms. The largest absolute Gasteiger partial charge is 0.508 e. The molecule has 24 heavy (non-hydrogen) atoms. The highest BCUT2D eigenvalue weighted by atomic mass is 16.3. The van der Waals surface area contributed by atoms with Gasteiger partial charge in [0, 0.05) is 18.2 Å². The van der Waals surface area contributed by atoms with Gasteiger partial charge in [0.25, 0.3) is 0 Å². The van der Waals surface area contributed by atoms with E-state index in [2.05, 4.69) is 29.8 Å². The van der Waals surface area contributed by atoms with Gasteiger partial charge >= 0.3 is 0 Å². The summed E-state index contributed by atoms with van der Waals surface area (Å²) in [5.74, 6) is 0.279. The molecule has 3 aromatic rings. The summed E-state index contributed by atoms with van der Waals surface area (Å²) in [5, 5.41) is 14.2. The second kappa shape index (κ2) is 6.89. The van der Waals surface area contributed by atoms with Crippen molar-refractivity contribution in [3.8, 4) is 5.75 Å². The Labute approximate surface area is 142 Å². The number of rotatable bonds is 5. The SMILES string of the molecule is CC(N)c1cc(Cc2ccc(O)cc2)n(C(C)c2ccccc2)n1. The molecule has 1 heterocycles. The summed E-state index contributed by atoms with van der Waals surface area (Å²) in [6.45, 7) is 4.10. The van der Waals surface area contributed by atoms with Gasteiger partial charge in [0.1, 0.15) is 5.75 Å². The summed E-state index contributed by atoms with van der Waals surface area (Å²) in [5.41, 5.74) is 10.4. The number of aromatic hydroxyl groups is 1. The minimum atomic E-state index is -0.104. The molecular formula is C20H23N3O. The number of aromatic nitrogens is 2. The lowest BCUT2D eigenvalue weighted by Gasteiger charge is -2.16. The third kappa shape index (κ3) is 3.49. The van der Waals surface area contributed by atoms with Crippen molar-refractivity contribution in [2.75, 3.05) is 0 Å². The average Bonchev–Trinajstić information content (AvgIpc) is 3.01. The normalized spacial score (nSPS) is 13.6. The number of hydrogen-bond donors (Lipinski definition) is 2. The first-order valence-electron chi connectivity index (χ1n) is 8.21. The van der Waals surface area contributed by atoms with Gasteiger partial charge in [0.15, 0.2) is 0 Å². The molecule has 0 radical (unpaired) electrons. The number of phenols is 1. The van der Waals surface area contributed by atoms with Crippen molar-refractivity contribution in [3.05, 3.63) is 83.2 Å². The highest BCUT2D eigenvalue weighted by Crippen LogP contribution is 2.24. The Kier molecular flexibility index (Phi) is 4.67. The van der Waals surface area contributed by atoms with E-state index in [0.29, 0.717) is 0 Å². The van der Waals surface area contributed by atoms with Crippen LogP contribution >= 0.6 is 0 Å². The topological polar surface area (TPSA) is 64.1 Å². The molecule has 0 saturated carbocycles. The predicted octanol–water partition coefficient (Wildman–Crippen LogP) is 3.81. The number of nitrogens with zero attached hydrogens (tertiary/aromatic N) is 2. The maximum atomic E-state index is 9.46.